The zero-order valence-corrected chi connectivity index (χ0v) is 10.9. The topological polar surface area (TPSA) is 91.3 Å². The number of amides is 2. The molecule has 6 nitrogen and oxygen atoms in total. The van der Waals surface area contributed by atoms with Crippen LogP contribution in [0.4, 0.5) is 14.9 Å². The number of hydrogen-bond acceptors (Lipinski definition) is 4. The second kappa shape index (κ2) is 6.11. The maximum Gasteiger partial charge on any atom is 0.338 e. The average molecular weight is 295 g/mol. The Balaban J connectivity index is 1.97. The first-order valence-electron chi connectivity index (χ1n) is 5.51. The maximum absolute atomic E-state index is 13.2. The Kier molecular flexibility index (Phi) is 4.26. The van der Waals surface area contributed by atoms with Crippen molar-refractivity contribution in [3.05, 3.63) is 46.2 Å². The summed E-state index contributed by atoms with van der Waals surface area (Å²) in [6, 6.07) is 2.82. The fourth-order valence-corrected chi connectivity index (χ4v) is 1.97. The van der Waals surface area contributed by atoms with E-state index in [2.05, 4.69) is 15.6 Å². The van der Waals surface area contributed by atoms with Crippen molar-refractivity contribution in [1.29, 1.82) is 0 Å². The van der Waals surface area contributed by atoms with Crippen molar-refractivity contribution in [3.8, 4) is 0 Å². The van der Waals surface area contributed by atoms with E-state index in [0.29, 0.717) is 6.54 Å². The molecular formula is C12H10FN3O3S. The van der Waals surface area contributed by atoms with E-state index in [9.17, 15) is 14.0 Å². The first-order chi connectivity index (χ1) is 9.56. The van der Waals surface area contributed by atoms with Gasteiger partial charge >= 0.3 is 12.0 Å². The predicted molar refractivity (Wildman–Crippen MR) is 71.3 cm³/mol. The van der Waals surface area contributed by atoms with E-state index in [1.807, 2.05) is 0 Å². The van der Waals surface area contributed by atoms with Gasteiger partial charge in [-0.3, -0.25) is 4.98 Å². The molecule has 0 bridgehead atoms. The average Bonchev–Trinajstić information content (AvgIpc) is 2.91. The van der Waals surface area contributed by atoms with Gasteiger partial charge in [-0.25, -0.2) is 14.0 Å². The van der Waals surface area contributed by atoms with Crippen LogP contribution in [0.2, 0.25) is 0 Å². The van der Waals surface area contributed by atoms with Crippen LogP contribution in [0.1, 0.15) is 15.2 Å². The minimum Gasteiger partial charge on any atom is -0.478 e. The highest BCUT2D eigenvalue weighted by Gasteiger charge is 2.12. The highest BCUT2D eigenvalue weighted by atomic mass is 32.1. The number of aromatic nitrogens is 1. The first kappa shape index (κ1) is 13.9. The van der Waals surface area contributed by atoms with Crippen LogP contribution in [-0.4, -0.2) is 22.1 Å². The molecule has 0 aliphatic rings. The third-order valence-electron chi connectivity index (χ3n) is 2.36. The summed E-state index contributed by atoms with van der Waals surface area (Å²) in [5.74, 6) is -2.25. The van der Waals surface area contributed by atoms with Gasteiger partial charge < -0.3 is 15.7 Å². The van der Waals surface area contributed by atoms with E-state index in [1.165, 1.54) is 17.4 Å². The molecule has 0 saturated carbocycles. The molecule has 2 rings (SSSR count). The normalized spacial score (nSPS) is 10.1. The zero-order chi connectivity index (χ0) is 14.5. The molecule has 0 aliphatic carbocycles. The molecule has 0 radical (unpaired) electrons. The number of carbonyl (C=O) groups excluding carboxylic acids is 1. The highest BCUT2D eigenvalue weighted by molar-refractivity contribution is 7.09. The molecule has 0 spiro atoms. The van der Waals surface area contributed by atoms with Gasteiger partial charge in [-0.05, 0) is 18.2 Å². The number of carbonyl (C=O) groups is 2. The van der Waals surface area contributed by atoms with Crippen molar-refractivity contribution < 1.29 is 19.1 Å². The van der Waals surface area contributed by atoms with Gasteiger partial charge in [-0.2, -0.15) is 0 Å². The summed E-state index contributed by atoms with van der Waals surface area (Å²) in [6.07, 6.45) is 1.63. The second-order valence-electron chi connectivity index (χ2n) is 3.78. The van der Waals surface area contributed by atoms with E-state index in [4.69, 9.17) is 5.11 Å². The third kappa shape index (κ3) is 3.51. The number of anilines is 1. The summed E-state index contributed by atoms with van der Waals surface area (Å²) in [5.41, 5.74) is 1.35. The Hall–Kier alpha value is -2.48. The summed E-state index contributed by atoms with van der Waals surface area (Å²) in [7, 11) is 0. The lowest BCUT2D eigenvalue weighted by atomic mass is 10.2. The second-order valence-corrected chi connectivity index (χ2v) is 4.75. The monoisotopic (exact) mass is 295 g/mol. The van der Waals surface area contributed by atoms with Gasteiger partial charge in [0, 0.05) is 16.8 Å². The summed E-state index contributed by atoms with van der Waals surface area (Å²) in [5, 5.41) is 13.8. The molecule has 1 heterocycles. The molecular weight excluding hydrogens is 285 g/mol. The summed E-state index contributed by atoms with van der Waals surface area (Å²) < 4.78 is 13.2. The van der Waals surface area contributed by atoms with E-state index in [1.54, 1.807) is 11.7 Å². The van der Waals surface area contributed by atoms with Crippen molar-refractivity contribution in [1.82, 2.24) is 10.3 Å². The molecule has 3 N–H and O–H groups in total. The van der Waals surface area contributed by atoms with Crippen LogP contribution in [0.5, 0.6) is 0 Å². The number of carboxylic acids is 1. The van der Waals surface area contributed by atoms with Gasteiger partial charge in [0.25, 0.3) is 0 Å². The largest absolute Gasteiger partial charge is 0.478 e. The van der Waals surface area contributed by atoms with Gasteiger partial charge in [0.05, 0.1) is 17.6 Å². The van der Waals surface area contributed by atoms with E-state index >= 15 is 0 Å². The predicted octanol–water partition coefficient (Wildman–Crippen LogP) is 2.30. The molecule has 2 aromatic rings. The SMILES string of the molecule is O=C(NCc1cncs1)Nc1ccc(F)c(C(=O)O)c1. The minimum absolute atomic E-state index is 0.200. The Bertz CT molecular complexity index is 631. The van der Waals surface area contributed by atoms with Crippen molar-refractivity contribution in [2.24, 2.45) is 0 Å². The van der Waals surface area contributed by atoms with Gasteiger partial charge in [-0.15, -0.1) is 11.3 Å². The number of urea groups is 1. The zero-order valence-electron chi connectivity index (χ0n) is 10.1. The van der Waals surface area contributed by atoms with Gasteiger partial charge in [0.1, 0.15) is 5.82 Å². The summed E-state index contributed by atoms with van der Waals surface area (Å²) >= 11 is 1.40. The molecule has 2 amide bonds. The summed E-state index contributed by atoms with van der Waals surface area (Å²) in [4.78, 5) is 27.1. The number of carboxylic acid groups (broad SMARTS) is 1. The Morgan fingerprint density at radius 1 is 1.40 bits per heavy atom. The van der Waals surface area contributed by atoms with E-state index in [0.717, 1.165) is 17.0 Å². The quantitative estimate of drug-likeness (QED) is 0.807. The van der Waals surface area contributed by atoms with Crippen LogP contribution in [0, 0.1) is 5.82 Å². The van der Waals surface area contributed by atoms with Crippen LogP contribution in [-0.2, 0) is 6.54 Å². The van der Waals surface area contributed by atoms with Crippen LogP contribution in [0.15, 0.2) is 29.9 Å². The number of aromatic carboxylic acids is 1. The fraction of sp³-hybridized carbons (Fsp3) is 0.0833. The molecule has 0 saturated heterocycles. The van der Waals surface area contributed by atoms with Gasteiger partial charge in [0.2, 0.25) is 0 Å². The highest BCUT2D eigenvalue weighted by Crippen LogP contribution is 2.14. The maximum atomic E-state index is 13.2. The third-order valence-corrected chi connectivity index (χ3v) is 3.14. The van der Waals surface area contributed by atoms with Crippen molar-refractivity contribution in [2.75, 3.05) is 5.32 Å². The fourth-order valence-electron chi connectivity index (χ4n) is 1.44. The molecule has 0 unspecified atom stereocenters. The lowest BCUT2D eigenvalue weighted by Crippen LogP contribution is -2.28. The molecule has 20 heavy (non-hydrogen) atoms. The number of halogens is 1. The molecule has 0 aliphatic heterocycles. The van der Waals surface area contributed by atoms with Gasteiger partial charge in [0.15, 0.2) is 0 Å². The minimum atomic E-state index is -1.39. The number of rotatable bonds is 4. The van der Waals surface area contributed by atoms with Gasteiger partial charge in [-0.1, -0.05) is 0 Å². The molecule has 8 heteroatoms. The Morgan fingerprint density at radius 3 is 2.85 bits per heavy atom. The number of hydrogen-bond donors (Lipinski definition) is 3. The molecule has 1 aromatic heterocycles. The summed E-state index contributed by atoms with van der Waals surface area (Å²) in [6.45, 7) is 0.309. The Morgan fingerprint density at radius 2 is 2.20 bits per heavy atom. The van der Waals surface area contributed by atoms with Crippen molar-refractivity contribution in [2.45, 2.75) is 6.54 Å². The van der Waals surface area contributed by atoms with Crippen molar-refractivity contribution in [3.63, 3.8) is 0 Å². The van der Waals surface area contributed by atoms with E-state index < -0.39 is 23.4 Å². The molecule has 104 valence electrons. The number of nitrogens with one attached hydrogen (secondary N) is 2. The molecule has 0 fully saturated rings. The van der Waals surface area contributed by atoms with Crippen LogP contribution in [0.3, 0.4) is 0 Å². The van der Waals surface area contributed by atoms with Crippen molar-refractivity contribution >= 4 is 29.0 Å². The molecule has 1 aromatic carbocycles. The van der Waals surface area contributed by atoms with Crippen LogP contribution >= 0.6 is 11.3 Å². The lowest BCUT2D eigenvalue weighted by molar-refractivity contribution is 0.0692. The number of thiazole rings is 1. The first-order valence-corrected chi connectivity index (χ1v) is 6.39. The van der Waals surface area contributed by atoms with Crippen LogP contribution in [0.25, 0.3) is 0 Å². The smallest absolute Gasteiger partial charge is 0.338 e. The van der Waals surface area contributed by atoms with E-state index in [-0.39, 0.29) is 5.69 Å². The Labute approximate surface area is 117 Å². The lowest BCUT2D eigenvalue weighted by Gasteiger charge is -2.07. The number of nitrogens with zero attached hydrogens (tertiary/aromatic N) is 1. The standard InChI is InChI=1S/C12H10FN3O3S/c13-10-2-1-7(3-9(10)11(17)18)16-12(19)15-5-8-4-14-6-20-8/h1-4,6H,5H2,(H,17,18)(H2,15,16,19). The number of benzene rings is 1. The molecule has 0 atom stereocenters. The van der Waals surface area contributed by atoms with Crippen LogP contribution < -0.4 is 10.6 Å².